The van der Waals surface area contributed by atoms with E-state index in [0.717, 1.165) is 10.6 Å². The van der Waals surface area contributed by atoms with E-state index in [1.807, 2.05) is 19.1 Å². The summed E-state index contributed by atoms with van der Waals surface area (Å²) in [5.74, 6) is 0.976. The highest BCUT2D eigenvalue weighted by molar-refractivity contribution is 9.10. The lowest BCUT2D eigenvalue weighted by molar-refractivity contribution is 0.102. The molecule has 4 rings (SSSR count). The summed E-state index contributed by atoms with van der Waals surface area (Å²) in [4.78, 5) is 13.5. The molecule has 0 radical (unpaired) electrons. The van der Waals surface area contributed by atoms with Crippen molar-refractivity contribution in [1.29, 1.82) is 0 Å². The van der Waals surface area contributed by atoms with Crippen LogP contribution in [0.5, 0.6) is 11.5 Å². The fourth-order valence-corrected chi connectivity index (χ4v) is 4.03. The third kappa shape index (κ3) is 3.94. The second kappa shape index (κ2) is 8.18. The average molecular weight is 474 g/mol. The van der Waals surface area contributed by atoms with Crippen LogP contribution in [0.4, 0.5) is 5.69 Å². The van der Waals surface area contributed by atoms with Crippen LogP contribution in [-0.2, 0) is 0 Å². The molecule has 0 saturated carbocycles. The van der Waals surface area contributed by atoms with Crippen molar-refractivity contribution in [1.82, 2.24) is 19.8 Å². The maximum absolute atomic E-state index is 12.8. The molecule has 148 valence electrons. The lowest BCUT2D eigenvalue weighted by atomic mass is 10.1. The minimum Gasteiger partial charge on any atom is -0.495 e. The molecule has 1 amide bonds. The molecular weight excluding hydrogens is 458 g/mol. The molecule has 1 N–H and O–H groups in total. The normalized spacial score (nSPS) is 10.9. The second-order valence-corrected chi connectivity index (χ2v) is 7.72. The fraction of sp³-hybridized carbons (Fsp3) is 0.158. The molecule has 0 aliphatic rings. The van der Waals surface area contributed by atoms with Gasteiger partial charge in [-0.05, 0) is 59.3 Å². The second-order valence-electron chi connectivity index (χ2n) is 5.91. The van der Waals surface area contributed by atoms with Crippen LogP contribution >= 0.6 is 27.3 Å². The smallest absolute Gasteiger partial charge is 0.255 e. The molecule has 0 aliphatic heterocycles. The van der Waals surface area contributed by atoms with Gasteiger partial charge in [0.05, 0.1) is 23.9 Å². The Morgan fingerprint density at radius 3 is 2.79 bits per heavy atom. The molecule has 10 heteroatoms. The number of anilines is 1. The van der Waals surface area contributed by atoms with Crippen molar-refractivity contribution in [3.05, 3.63) is 52.8 Å². The van der Waals surface area contributed by atoms with Crippen molar-refractivity contribution in [2.45, 2.75) is 6.92 Å². The Labute approximate surface area is 178 Å². The predicted molar refractivity (Wildman–Crippen MR) is 114 cm³/mol. The van der Waals surface area contributed by atoms with Gasteiger partial charge in [0, 0.05) is 11.1 Å². The highest BCUT2D eigenvalue weighted by atomic mass is 79.9. The lowest BCUT2D eigenvalue weighted by Crippen LogP contribution is -2.13. The minimum absolute atomic E-state index is 0.262. The number of carbonyl (C=O) groups excluding carboxylic acids is 1. The Morgan fingerprint density at radius 1 is 1.24 bits per heavy atom. The number of ether oxygens (including phenoxy) is 2. The van der Waals surface area contributed by atoms with Gasteiger partial charge in [-0.2, -0.15) is 9.61 Å². The molecule has 2 aromatic carbocycles. The van der Waals surface area contributed by atoms with Gasteiger partial charge in [-0.1, -0.05) is 11.3 Å². The zero-order valence-electron chi connectivity index (χ0n) is 15.5. The first-order chi connectivity index (χ1) is 14.1. The van der Waals surface area contributed by atoms with Crippen molar-refractivity contribution in [2.24, 2.45) is 0 Å². The van der Waals surface area contributed by atoms with Crippen molar-refractivity contribution >= 4 is 43.8 Å². The highest BCUT2D eigenvalue weighted by Crippen LogP contribution is 2.33. The molecule has 0 spiro atoms. The Hall–Kier alpha value is -2.98. The monoisotopic (exact) mass is 473 g/mol. The Bertz CT molecular complexity index is 1160. The van der Waals surface area contributed by atoms with Crippen molar-refractivity contribution in [3.8, 4) is 22.1 Å². The Kier molecular flexibility index (Phi) is 5.45. The van der Waals surface area contributed by atoms with Crippen molar-refractivity contribution in [2.75, 3.05) is 19.0 Å². The summed E-state index contributed by atoms with van der Waals surface area (Å²) in [6.45, 7) is 2.45. The first kappa shape index (κ1) is 19.3. The van der Waals surface area contributed by atoms with Gasteiger partial charge in [0.25, 0.3) is 5.91 Å². The summed E-state index contributed by atoms with van der Waals surface area (Å²) in [6.07, 6.45) is 1.55. The third-order valence-electron chi connectivity index (χ3n) is 4.08. The van der Waals surface area contributed by atoms with E-state index in [0.29, 0.717) is 38.8 Å². The molecule has 0 aliphatic carbocycles. The maximum atomic E-state index is 12.8. The van der Waals surface area contributed by atoms with E-state index in [4.69, 9.17) is 9.47 Å². The zero-order valence-corrected chi connectivity index (χ0v) is 18.0. The van der Waals surface area contributed by atoms with Crippen LogP contribution < -0.4 is 14.8 Å². The average Bonchev–Trinajstić information content (AvgIpc) is 3.32. The summed E-state index contributed by atoms with van der Waals surface area (Å²) in [7, 11) is 1.56. The molecular formula is C19H16BrN5O3S. The number of aromatic nitrogens is 4. The maximum Gasteiger partial charge on any atom is 0.255 e. The molecule has 0 unspecified atom stereocenters. The molecule has 2 heterocycles. The molecule has 0 bridgehead atoms. The van der Waals surface area contributed by atoms with E-state index in [1.165, 1.54) is 11.3 Å². The van der Waals surface area contributed by atoms with Crippen LogP contribution in [0, 0.1) is 0 Å². The van der Waals surface area contributed by atoms with Gasteiger partial charge in [0.15, 0.2) is 0 Å². The van der Waals surface area contributed by atoms with Gasteiger partial charge in [0.1, 0.15) is 22.8 Å². The quantitative estimate of drug-likeness (QED) is 0.449. The molecule has 29 heavy (non-hydrogen) atoms. The van der Waals surface area contributed by atoms with Crippen LogP contribution in [0.15, 0.2) is 47.2 Å². The molecule has 8 nitrogen and oxygen atoms in total. The lowest BCUT2D eigenvalue weighted by Gasteiger charge is -2.12. The molecule has 0 saturated heterocycles. The SMILES string of the molecule is CCOc1ccc(C(=O)Nc2cc(-c3nn4cnnc4s3)ccc2OC)cc1Br. The number of carbonyl (C=O) groups is 1. The fourth-order valence-electron chi connectivity index (χ4n) is 2.72. The number of methoxy groups -OCH3 is 1. The molecule has 4 aromatic rings. The number of nitrogens with one attached hydrogen (secondary N) is 1. The number of hydrogen-bond donors (Lipinski definition) is 1. The summed E-state index contributed by atoms with van der Waals surface area (Å²) in [6, 6.07) is 10.7. The number of nitrogens with zero attached hydrogens (tertiary/aromatic N) is 4. The zero-order chi connectivity index (χ0) is 20.4. The summed E-state index contributed by atoms with van der Waals surface area (Å²) in [5, 5.41) is 15.9. The summed E-state index contributed by atoms with van der Waals surface area (Å²) in [5.41, 5.74) is 1.88. The minimum atomic E-state index is -0.262. The summed E-state index contributed by atoms with van der Waals surface area (Å²) < 4.78 is 13.2. The van der Waals surface area contributed by atoms with Gasteiger partial charge in [-0.3, -0.25) is 4.79 Å². The van der Waals surface area contributed by atoms with E-state index < -0.39 is 0 Å². The van der Waals surface area contributed by atoms with E-state index >= 15 is 0 Å². The number of amides is 1. The van der Waals surface area contributed by atoms with Gasteiger partial charge in [0.2, 0.25) is 4.96 Å². The third-order valence-corrected chi connectivity index (χ3v) is 5.66. The van der Waals surface area contributed by atoms with Crippen LogP contribution in [0.2, 0.25) is 0 Å². The number of halogens is 1. The summed E-state index contributed by atoms with van der Waals surface area (Å²) >= 11 is 4.84. The van der Waals surface area contributed by atoms with Gasteiger partial charge in [-0.15, -0.1) is 10.2 Å². The first-order valence-corrected chi connectivity index (χ1v) is 10.3. The first-order valence-electron chi connectivity index (χ1n) is 8.68. The van der Waals surface area contributed by atoms with Gasteiger partial charge < -0.3 is 14.8 Å². The predicted octanol–water partition coefficient (Wildman–Crippen LogP) is 4.27. The number of benzene rings is 2. The van der Waals surface area contributed by atoms with Crippen LogP contribution in [0.3, 0.4) is 0 Å². The molecule has 0 atom stereocenters. The number of fused-ring (bicyclic) bond motifs is 1. The van der Waals surface area contributed by atoms with Crippen molar-refractivity contribution in [3.63, 3.8) is 0 Å². The van der Waals surface area contributed by atoms with Gasteiger partial charge in [-0.25, -0.2) is 0 Å². The van der Waals surface area contributed by atoms with E-state index in [-0.39, 0.29) is 5.91 Å². The Morgan fingerprint density at radius 2 is 2.07 bits per heavy atom. The molecule has 0 fully saturated rings. The standard InChI is InChI=1S/C19H16BrN5O3S/c1-3-28-15-6-4-11(8-13(15)20)17(26)22-14-9-12(5-7-16(14)27-2)18-24-25-10-21-23-19(25)29-18/h4-10H,3H2,1-2H3,(H,22,26). The highest BCUT2D eigenvalue weighted by Gasteiger charge is 2.15. The largest absolute Gasteiger partial charge is 0.495 e. The van der Waals surface area contributed by atoms with Crippen LogP contribution in [-0.4, -0.2) is 39.4 Å². The van der Waals surface area contributed by atoms with Gasteiger partial charge >= 0.3 is 0 Å². The topological polar surface area (TPSA) is 90.6 Å². The van der Waals surface area contributed by atoms with Crippen LogP contribution in [0.25, 0.3) is 15.5 Å². The van der Waals surface area contributed by atoms with E-state index in [1.54, 1.807) is 42.2 Å². The van der Waals surface area contributed by atoms with Crippen molar-refractivity contribution < 1.29 is 14.3 Å². The van der Waals surface area contributed by atoms with Crippen LogP contribution in [0.1, 0.15) is 17.3 Å². The van der Waals surface area contributed by atoms with E-state index in [2.05, 4.69) is 36.5 Å². The van der Waals surface area contributed by atoms with E-state index in [9.17, 15) is 4.79 Å². The Balaban J connectivity index is 1.62. The number of rotatable bonds is 6. The molecule has 2 aromatic heterocycles. The number of hydrogen-bond acceptors (Lipinski definition) is 7.